The molecule has 6 nitrogen and oxygen atoms in total. The quantitative estimate of drug-likeness (QED) is 0.796. The molecule has 6 heteroatoms. The first kappa shape index (κ1) is 15.9. The van der Waals surface area contributed by atoms with E-state index in [1.807, 2.05) is 0 Å². The summed E-state index contributed by atoms with van der Waals surface area (Å²) in [5, 5.41) is 10.3. The van der Waals surface area contributed by atoms with Crippen molar-refractivity contribution in [2.45, 2.75) is 58.4 Å². The smallest absolute Gasteiger partial charge is 0.226 e. The van der Waals surface area contributed by atoms with Crippen molar-refractivity contribution in [3.05, 3.63) is 11.7 Å². The molecule has 2 atom stereocenters. The molecule has 1 aliphatic rings. The summed E-state index contributed by atoms with van der Waals surface area (Å²) in [6.45, 7) is 6.20. The fourth-order valence-electron chi connectivity index (χ4n) is 2.58. The standard InChI is InChI=1S/C15H26N4O2/c1-3-5-13-18-15(21-19-13)7-4-6-14(20)17-12-10-16-9-8-11(12)2/h11-12,16H,3-10H2,1-2H3,(H,17,20). The van der Waals surface area contributed by atoms with Crippen LogP contribution in [0.4, 0.5) is 0 Å². The number of rotatable bonds is 7. The predicted octanol–water partition coefficient (Wildman–Crippen LogP) is 1.46. The summed E-state index contributed by atoms with van der Waals surface area (Å²) in [6, 6.07) is 0.255. The molecule has 0 bridgehead atoms. The van der Waals surface area contributed by atoms with Crippen LogP contribution < -0.4 is 10.6 Å². The minimum Gasteiger partial charge on any atom is -0.352 e. The highest BCUT2D eigenvalue weighted by Crippen LogP contribution is 2.11. The van der Waals surface area contributed by atoms with Crippen molar-refractivity contribution in [1.29, 1.82) is 0 Å². The Labute approximate surface area is 126 Å². The molecular weight excluding hydrogens is 268 g/mol. The Morgan fingerprint density at radius 1 is 1.48 bits per heavy atom. The van der Waals surface area contributed by atoms with Gasteiger partial charge in [-0.15, -0.1) is 0 Å². The van der Waals surface area contributed by atoms with Gasteiger partial charge in [-0.05, 0) is 31.7 Å². The highest BCUT2D eigenvalue weighted by atomic mass is 16.5. The van der Waals surface area contributed by atoms with Gasteiger partial charge in [0.2, 0.25) is 11.8 Å². The number of hydrogen-bond donors (Lipinski definition) is 2. The Bertz CT molecular complexity index is 447. The van der Waals surface area contributed by atoms with Crippen molar-refractivity contribution >= 4 is 5.91 Å². The molecule has 1 aromatic heterocycles. The summed E-state index contributed by atoms with van der Waals surface area (Å²) in [5.74, 6) is 2.06. The fraction of sp³-hybridized carbons (Fsp3) is 0.800. The van der Waals surface area contributed by atoms with E-state index in [0.717, 1.165) is 44.6 Å². The van der Waals surface area contributed by atoms with Gasteiger partial charge < -0.3 is 15.2 Å². The largest absolute Gasteiger partial charge is 0.352 e. The summed E-state index contributed by atoms with van der Waals surface area (Å²) in [6.07, 6.45) is 4.89. The van der Waals surface area contributed by atoms with Gasteiger partial charge in [-0.25, -0.2) is 0 Å². The fourth-order valence-corrected chi connectivity index (χ4v) is 2.58. The van der Waals surface area contributed by atoms with Crippen LogP contribution in [0.2, 0.25) is 0 Å². The van der Waals surface area contributed by atoms with E-state index in [0.29, 0.717) is 24.7 Å². The van der Waals surface area contributed by atoms with Gasteiger partial charge in [0, 0.05) is 31.8 Å². The van der Waals surface area contributed by atoms with Crippen LogP contribution in [0, 0.1) is 5.92 Å². The molecule has 1 aliphatic heterocycles. The van der Waals surface area contributed by atoms with Gasteiger partial charge in [0.25, 0.3) is 0 Å². The van der Waals surface area contributed by atoms with E-state index in [9.17, 15) is 4.79 Å². The average molecular weight is 294 g/mol. The van der Waals surface area contributed by atoms with Gasteiger partial charge in [0.05, 0.1) is 0 Å². The van der Waals surface area contributed by atoms with Gasteiger partial charge in [-0.1, -0.05) is 19.0 Å². The highest BCUT2D eigenvalue weighted by molar-refractivity contribution is 5.76. The normalized spacial score (nSPS) is 22.2. The van der Waals surface area contributed by atoms with Crippen LogP contribution in [0.15, 0.2) is 4.52 Å². The molecular formula is C15H26N4O2. The number of nitrogens with zero attached hydrogens (tertiary/aromatic N) is 2. The summed E-state index contributed by atoms with van der Waals surface area (Å²) in [7, 11) is 0. The van der Waals surface area contributed by atoms with Crippen LogP contribution in [0.25, 0.3) is 0 Å². The number of piperidine rings is 1. The zero-order valence-electron chi connectivity index (χ0n) is 13.0. The maximum atomic E-state index is 11.9. The molecule has 21 heavy (non-hydrogen) atoms. The Morgan fingerprint density at radius 3 is 3.10 bits per heavy atom. The monoisotopic (exact) mass is 294 g/mol. The zero-order chi connectivity index (χ0) is 15.1. The second-order valence-corrected chi connectivity index (χ2v) is 5.85. The van der Waals surface area contributed by atoms with Crippen molar-refractivity contribution in [2.75, 3.05) is 13.1 Å². The maximum Gasteiger partial charge on any atom is 0.226 e. The second kappa shape index (κ2) is 8.12. The number of amides is 1. The van der Waals surface area contributed by atoms with Gasteiger partial charge in [-0.3, -0.25) is 4.79 Å². The Balaban J connectivity index is 1.66. The molecule has 0 spiro atoms. The predicted molar refractivity (Wildman–Crippen MR) is 79.8 cm³/mol. The average Bonchev–Trinajstić information content (AvgIpc) is 2.89. The van der Waals surface area contributed by atoms with Crippen LogP contribution in [-0.2, 0) is 17.6 Å². The van der Waals surface area contributed by atoms with E-state index < -0.39 is 0 Å². The van der Waals surface area contributed by atoms with E-state index in [1.54, 1.807) is 0 Å². The molecule has 1 aromatic rings. The van der Waals surface area contributed by atoms with E-state index in [2.05, 4.69) is 34.6 Å². The van der Waals surface area contributed by atoms with Crippen molar-refractivity contribution in [3.8, 4) is 0 Å². The molecule has 0 radical (unpaired) electrons. The van der Waals surface area contributed by atoms with Crippen molar-refractivity contribution in [1.82, 2.24) is 20.8 Å². The van der Waals surface area contributed by atoms with Crippen LogP contribution in [-0.4, -0.2) is 35.2 Å². The third kappa shape index (κ3) is 5.12. The summed E-state index contributed by atoms with van der Waals surface area (Å²) < 4.78 is 5.16. The SMILES string of the molecule is CCCc1noc(CCCC(=O)NC2CNCCC2C)n1. The van der Waals surface area contributed by atoms with Gasteiger partial charge in [0.1, 0.15) is 0 Å². The molecule has 1 amide bonds. The van der Waals surface area contributed by atoms with Crippen LogP contribution in [0.3, 0.4) is 0 Å². The molecule has 0 saturated carbocycles. The minimum absolute atomic E-state index is 0.115. The van der Waals surface area contributed by atoms with E-state index >= 15 is 0 Å². The molecule has 1 saturated heterocycles. The van der Waals surface area contributed by atoms with Crippen molar-refractivity contribution in [3.63, 3.8) is 0 Å². The molecule has 2 rings (SSSR count). The Hall–Kier alpha value is -1.43. The topological polar surface area (TPSA) is 80.0 Å². The Kier molecular flexibility index (Phi) is 6.17. The zero-order valence-corrected chi connectivity index (χ0v) is 13.0. The lowest BCUT2D eigenvalue weighted by Crippen LogP contribution is -2.50. The van der Waals surface area contributed by atoms with Gasteiger partial charge >= 0.3 is 0 Å². The summed E-state index contributed by atoms with van der Waals surface area (Å²) in [4.78, 5) is 16.3. The number of hydrogen-bond acceptors (Lipinski definition) is 5. The summed E-state index contributed by atoms with van der Waals surface area (Å²) >= 11 is 0. The maximum absolute atomic E-state index is 11.9. The lowest BCUT2D eigenvalue weighted by molar-refractivity contribution is -0.122. The van der Waals surface area contributed by atoms with Gasteiger partial charge in [-0.2, -0.15) is 4.98 Å². The van der Waals surface area contributed by atoms with E-state index in [-0.39, 0.29) is 11.9 Å². The molecule has 2 N–H and O–H groups in total. The second-order valence-electron chi connectivity index (χ2n) is 5.85. The first-order valence-electron chi connectivity index (χ1n) is 8.00. The lowest BCUT2D eigenvalue weighted by Gasteiger charge is -2.30. The first-order chi connectivity index (χ1) is 10.2. The van der Waals surface area contributed by atoms with E-state index in [4.69, 9.17) is 4.52 Å². The Morgan fingerprint density at radius 2 is 2.33 bits per heavy atom. The molecule has 2 heterocycles. The lowest BCUT2D eigenvalue weighted by atomic mass is 9.94. The van der Waals surface area contributed by atoms with Crippen molar-refractivity contribution < 1.29 is 9.32 Å². The van der Waals surface area contributed by atoms with Crippen LogP contribution in [0.1, 0.15) is 51.2 Å². The number of carbonyl (C=O) groups excluding carboxylic acids is 1. The molecule has 1 fully saturated rings. The summed E-state index contributed by atoms with van der Waals surface area (Å²) in [5.41, 5.74) is 0. The number of aryl methyl sites for hydroxylation is 2. The van der Waals surface area contributed by atoms with E-state index in [1.165, 1.54) is 0 Å². The number of nitrogens with one attached hydrogen (secondary N) is 2. The number of aromatic nitrogens is 2. The first-order valence-corrected chi connectivity index (χ1v) is 8.00. The molecule has 2 unspecified atom stereocenters. The van der Waals surface area contributed by atoms with Crippen molar-refractivity contribution in [2.24, 2.45) is 5.92 Å². The third-order valence-corrected chi connectivity index (χ3v) is 3.95. The van der Waals surface area contributed by atoms with Gasteiger partial charge in [0.15, 0.2) is 5.82 Å². The number of carbonyl (C=O) groups is 1. The third-order valence-electron chi connectivity index (χ3n) is 3.95. The highest BCUT2D eigenvalue weighted by Gasteiger charge is 2.22. The molecule has 0 aromatic carbocycles. The van der Waals surface area contributed by atoms with Crippen LogP contribution >= 0.6 is 0 Å². The van der Waals surface area contributed by atoms with Crippen LogP contribution in [0.5, 0.6) is 0 Å². The molecule has 0 aliphatic carbocycles. The minimum atomic E-state index is 0.115. The molecule has 118 valence electrons.